The molecule has 0 spiro atoms. The monoisotopic (exact) mass is 578 g/mol. The molecule has 1 fully saturated rings. The quantitative estimate of drug-likeness (QED) is 0.438. The van der Waals surface area contributed by atoms with Crippen molar-refractivity contribution in [3.63, 3.8) is 0 Å². The largest absolute Gasteiger partial charge is 0.488 e. The van der Waals surface area contributed by atoms with Crippen LogP contribution in [0.5, 0.6) is 5.75 Å². The molecule has 3 amide bonds. The number of anilines is 1. The first kappa shape index (κ1) is 29.3. The third kappa shape index (κ3) is 6.92. The summed E-state index contributed by atoms with van der Waals surface area (Å²) in [5.74, 6) is -0.268. The lowest BCUT2D eigenvalue weighted by Gasteiger charge is -2.38. The molecule has 0 saturated heterocycles. The standard InChI is InChI=1S/C27H38N4O6S2/c1-18-15-31(19(2)17-32)26(33)22-14-21(29-27(34)28-20-8-5-4-6-9-20)11-12-23(22)37-24(18)16-30(3)39(35,36)25-10-7-13-38-25/h7,10-14,18-20,24,32H,4-6,8-9,15-17H2,1-3H3,(H2,28,29,34)/t18-,19-,24-/m1/s1. The lowest BCUT2D eigenvalue weighted by molar-refractivity contribution is 0.0387. The number of rotatable bonds is 8. The smallest absolute Gasteiger partial charge is 0.319 e. The van der Waals surface area contributed by atoms with Crippen molar-refractivity contribution in [2.45, 2.75) is 68.3 Å². The molecule has 214 valence electrons. The van der Waals surface area contributed by atoms with Crippen LogP contribution in [0.4, 0.5) is 10.5 Å². The maximum Gasteiger partial charge on any atom is 0.319 e. The van der Waals surface area contributed by atoms with Crippen molar-refractivity contribution in [2.75, 3.05) is 32.1 Å². The van der Waals surface area contributed by atoms with Gasteiger partial charge in [-0.05, 0) is 49.4 Å². The molecular formula is C27H38N4O6S2. The fraction of sp³-hybridized carbons (Fsp3) is 0.556. The molecule has 0 unspecified atom stereocenters. The topological polar surface area (TPSA) is 128 Å². The van der Waals surface area contributed by atoms with Gasteiger partial charge in [-0.25, -0.2) is 13.2 Å². The molecule has 2 heterocycles. The van der Waals surface area contributed by atoms with Gasteiger partial charge in [0.25, 0.3) is 15.9 Å². The number of nitrogens with one attached hydrogen (secondary N) is 2. The second-order valence-corrected chi connectivity index (χ2v) is 13.7. The van der Waals surface area contributed by atoms with E-state index < -0.39 is 22.2 Å². The van der Waals surface area contributed by atoms with Crippen molar-refractivity contribution >= 4 is 39.0 Å². The average molecular weight is 579 g/mol. The van der Waals surface area contributed by atoms with Gasteiger partial charge in [0.1, 0.15) is 16.1 Å². The number of amides is 3. The zero-order valence-corrected chi connectivity index (χ0v) is 24.3. The molecule has 10 nitrogen and oxygen atoms in total. The number of ether oxygens (including phenoxy) is 1. The molecule has 2 aromatic rings. The highest BCUT2D eigenvalue weighted by molar-refractivity contribution is 7.91. The van der Waals surface area contributed by atoms with Crippen molar-refractivity contribution in [3.8, 4) is 5.75 Å². The minimum atomic E-state index is -3.70. The zero-order chi connectivity index (χ0) is 28.2. The Labute approximate surface area is 234 Å². The van der Waals surface area contributed by atoms with Crippen LogP contribution in [0.15, 0.2) is 39.9 Å². The van der Waals surface area contributed by atoms with Gasteiger partial charge >= 0.3 is 6.03 Å². The van der Waals surface area contributed by atoms with E-state index >= 15 is 0 Å². The van der Waals surface area contributed by atoms with E-state index in [1.807, 2.05) is 6.92 Å². The Balaban J connectivity index is 1.58. The number of benzene rings is 1. The summed E-state index contributed by atoms with van der Waals surface area (Å²) in [4.78, 5) is 27.9. The number of carbonyl (C=O) groups excluding carboxylic acids is 2. The van der Waals surface area contributed by atoms with Gasteiger partial charge in [-0.15, -0.1) is 11.3 Å². The van der Waals surface area contributed by atoms with Gasteiger partial charge in [0, 0.05) is 31.2 Å². The SMILES string of the molecule is C[C@@H]1CN([C@H](C)CO)C(=O)c2cc(NC(=O)NC3CCCCC3)ccc2O[C@@H]1CN(C)S(=O)(=O)c1cccs1. The summed E-state index contributed by atoms with van der Waals surface area (Å²) in [5, 5.41) is 17.4. The van der Waals surface area contributed by atoms with E-state index in [2.05, 4.69) is 10.6 Å². The molecule has 39 heavy (non-hydrogen) atoms. The Hall–Kier alpha value is -2.67. The van der Waals surface area contributed by atoms with Crippen LogP contribution in [0.3, 0.4) is 0 Å². The van der Waals surface area contributed by atoms with Crippen molar-refractivity contribution in [2.24, 2.45) is 5.92 Å². The van der Waals surface area contributed by atoms with E-state index in [0.29, 0.717) is 11.4 Å². The highest BCUT2D eigenvalue weighted by atomic mass is 32.2. The first-order chi connectivity index (χ1) is 18.6. The van der Waals surface area contributed by atoms with Gasteiger partial charge in [-0.2, -0.15) is 4.31 Å². The molecule has 2 aliphatic rings. The number of thiophene rings is 1. The average Bonchev–Trinajstić information content (AvgIpc) is 3.47. The van der Waals surface area contributed by atoms with Crippen LogP contribution in [0.1, 0.15) is 56.3 Å². The first-order valence-corrected chi connectivity index (χ1v) is 15.7. The lowest BCUT2D eigenvalue weighted by Crippen LogP contribution is -2.50. The summed E-state index contributed by atoms with van der Waals surface area (Å²) < 4.78 is 34.0. The van der Waals surface area contributed by atoms with E-state index in [-0.39, 0.29) is 53.4 Å². The number of aliphatic hydroxyl groups excluding tert-OH is 1. The van der Waals surface area contributed by atoms with Gasteiger partial charge in [0.15, 0.2) is 0 Å². The van der Waals surface area contributed by atoms with Gasteiger partial charge < -0.3 is 25.4 Å². The number of sulfonamides is 1. The van der Waals surface area contributed by atoms with E-state index in [9.17, 15) is 23.1 Å². The molecule has 3 N–H and O–H groups in total. The maximum absolute atomic E-state index is 13.6. The van der Waals surface area contributed by atoms with Crippen molar-refractivity contribution < 1.29 is 27.9 Å². The maximum atomic E-state index is 13.6. The van der Waals surface area contributed by atoms with Crippen LogP contribution in [-0.4, -0.2) is 79.6 Å². The van der Waals surface area contributed by atoms with Crippen LogP contribution in [-0.2, 0) is 10.0 Å². The molecule has 3 atom stereocenters. The minimum absolute atomic E-state index is 0.0696. The number of hydrogen-bond donors (Lipinski definition) is 3. The van der Waals surface area contributed by atoms with Crippen molar-refractivity contribution in [3.05, 3.63) is 41.3 Å². The molecule has 1 aromatic carbocycles. The summed E-state index contributed by atoms with van der Waals surface area (Å²) in [6.45, 7) is 3.76. The molecule has 0 radical (unpaired) electrons. The van der Waals surface area contributed by atoms with Crippen LogP contribution in [0.25, 0.3) is 0 Å². The van der Waals surface area contributed by atoms with Gasteiger partial charge in [0.05, 0.1) is 24.8 Å². The van der Waals surface area contributed by atoms with Crippen LogP contribution >= 0.6 is 11.3 Å². The summed E-state index contributed by atoms with van der Waals surface area (Å²) in [5.41, 5.74) is 0.685. The molecule has 4 rings (SSSR count). The number of aliphatic hydroxyl groups is 1. The number of urea groups is 1. The molecule has 12 heteroatoms. The number of carbonyl (C=O) groups is 2. The minimum Gasteiger partial charge on any atom is -0.488 e. The lowest BCUT2D eigenvalue weighted by atomic mass is 9.96. The Morgan fingerprint density at radius 3 is 2.67 bits per heavy atom. The van der Waals surface area contributed by atoms with E-state index in [4.69, 9.17) is 4.74 Å². The van der Waals surface area contributed by atoms with E-state index in [1.54, 1.807) is 47.5 Å². The Morgan fingerprint density at radius 1 is 1.26 bits per heavy atom. The summed E-state index contributed by atoms with van der Waals surface area (Å²) in [7, 11) is -2.18. The molecule has 1 aromatic heterocycles. The Morgan fingerprint density at radius 2 is 2.00 bits per heavy atom. The third-order valence-corrected chi connectivity index (χ3v) is 10.7. The molecule has 1 aliphatic heterocycles. The fourth-order valence-corrected chi connectivity index (χ4v) is 7.42. The second kappa shape index (κ2) is 12.7. The molecule has 1 aliphatic carbocycles. The number of hydrogen-bond acceptors (Lipinski definition) is 7. The molecule has 0 bridgehead atoms. The van der Waals surface area contributed by atoms with Crippen LogP contribution in [0, 0.1) is 5.92 Å². The van der Waals surface area contributed by atoms with E-state index in [1.165, 1.54) is 17.8 Å². The van der Waals surface area contributed by atoms with Gasteiger partial charge in [-0.3, -0.25) is 4.79 Å². The van der Waals surface area contributed by atoms with Crippen molar-refractivity contribution in [1.29, 1.82) is 0 Å². The van der Waals surface area contributed by atoms with Crippen LogP contribution < -0.4 is 15.4 Å². The molecular weight excluding hydrogens is 540 g/mol. The predicted octanol–water partition coefficient (Wildman–Crippen LogP) is 3.74. The predicted molar refractivity (Wildman–Crippen MR) is 151 cm³/mol. The first-order valence-electron chi connectivity index (χ1n) is 13.4. The summed E-state index contributed by atoms with van der Waals surface area (Å²) in [6, 6.07) is 7.48. The van der Waals surface area contributed by atoms with Crippen LogP contribution in [0.2, 0.25) is 0 Å². The number of likely N-dealkylation sites (N-methyl/N-ethyl adjacent to an activating group) is 1. The Bertz CT molecular complexity index is 1250. The van der Waals surface area contributed by atoms with Crippen molar-refractivity contribution in [1.82, 2.24) is 14.5 Å². The fourth-order valence-electron chi connectivity index (χ4n) is 5.03. The van der Waals surface area contributed by atoms with Gasteiger partial charge in [0.2, 0.25) is 0 Å². The highest BCUT2D eigenvalue weighted by Gasteiger charge is 2.35. The number of fused-ring (bicyclic) bond motifs is 1. The van der Waals surface area contributed by atoms with E-state index in [0.717, 1.165) is 37.0 Å². The second-order valence-electron chi connectivity index (χ2n) is 10.5. The normalized spacial score (nSPS) is 21.5. The Kier molecular flexibility index (Phi) is 9.52. The zero-order valence-electron chi connectivity index (χ0n) is 22.6. The van der Waals surface area contributed by atoms with Gasteiger partial charge in [-0.1, -0.05) is 32.3 Å². The number of nitrogens with zero attached hydrogens (tertiary/aromatic N) is 2. The third-order valence-electron chi connectivity index (χ3n) is 7.46. The highest BCUT2D eigenvalue weighted by Crippen LogP contribution is 2.31. The molecule has 1 saturated carbocycles. The summed E-state index contributed by atoms with van der Waals surface area (Å²) >= 11 is 1.15. The summed E-state index contributed by atoms with van der Waals surface area (Å²) in [6.07, 6.45) is 4.71.